The molecule has 1 aliphatic heterocycles. The van der Waals surface area contributed by atoms with Gasteiger partial charge in [-0.25, -0.2) is 4.98 Å². The Balaban J connectivity index is 1.62. The summed E-state index contributed by atoms with van der Waals surface area (Å²) in [5.74, 6) is 0.0404. The molecule has 1 amide bonds. The number of β-amino-alcohol motifs (C(OH)–C–C–N with tert-alkyl or cyclic N) is 1. The number of pyridine rings is 1. The lowest BCUT2D eigenvalue weighted by Crippen LogP contribution is -2.48. The summed E-state index contributed by atoms with van der Waals surface area (Å²) in [6.07, 6.45) is 1.44. The second kappa shape index (κ2) is 7.87. The SMILES string of the molecule is CC(C)(C)c1ccc(NC(=O)[C@@H]2CCN(c3ncccc3Cl)C[C@H]2O)cc1. The molecule has 0 saturated carbocycles. The minimum absolute atomic E-state index is 0.0678. The van der Waals surface area contributed by atoms with Gasteiger partial charge in [-0.3, -0.25) is 4.79 Å². The van der Waals surface area contributed by atoms with Gasteiger partial charge in [0.25, 0.3) is 0 Å². The average molecular weight is 388 g/mol. The van der Waals surface area contributed by atoms with Crippen molar-refractivity contribution in [1.82, 2.24) is 4.98 Å². The molecule has 27 heavy (non-hydrogen) atoms. The van der Waals surface area contributed by atoms with Gasteiger partial charge in [0.1, 0.15) is 5.82 Å². The summed E-state index contributed by atoms with van der Waals surface area (Å²) in [5, 5.41) is 14.0. The Labute approximate surface area is 165 Å². The summed E-state index contributed by atoms with van der Waals surface area (Å²) < 4.78 is 0. The van der Waals surface area contributed by atoms with Gasteiger partial charge in [-0.15, -0.1) is 0 Å². The lowest BCUT2D eigenvalue weighted by molar-refractivity contribution is -0.123. The molecule has 1 aliphatic rings. The zero-order valence-electron chi connectivity index (χ0n) is 15.9. The predicted molar refractivity (Wildman–Crippen MR) is 109 cm³/mol. The Bertz CT molecular complexity index is 802. The van der Waals surface area contributed by atoms with Crippen LogP contribution in [-0.4, -0.2) is 35.2 Å². The minimum Gasteiger partial charge on any atom is -0.390 e. The predicted octanol–water partition coefficient (Wildman–Crippen LogP) is 3.86. The van der Waals surface area contributed by atoms with Crippen molar-refractivity contribution in [2.24, 2.45) is 5.92 Å². The molecule has 2 aromatic rings. The second-order valence-corrected chi connectivity index (χ2v) is 8.44. The first-order chi connectivity index (χ1) is 12.8. The molecule has 6 heteroatoms. The van der Waals surface area contributed by atoms with E-state index in [2.05, 4.69) is 31.1 Å². The van der Waals surface area contributed by atoms with Crippen LogP contribution in [0.4, 0.5) is 11.5 Å². The van der Waals surface area contributed by atoms with Crippen LogP contribution in [0, 0.1) is 5.92 Å². The molecule has 3 rings (SSSR count). The summed E-state index contributed by atoms with van der Waals surface area (Å²) in [5.41, 5.74) is 2.02. The van der Waals surface area contributed by atoms with E-state index in [1.807, 2.05) is 29.2 Å². The number of hydrogen-bond acceptors (Lipinski definition) is 4. The van der Waals surface area contributed by atoms with Crippen molar-refractivity contribution in [3.05, 3.63) is 53.2 Å². The van der Waals surface area contributed by atoms with Crippen LogP contribution in [0.25, 0.3) is 0 Å². The largest absolute Gasteiger partial charge is 0.390 e. The van der Waals surface area contributed by atoms with Crippen molar-refractivity contribution in [2.45, 2.75) is 38.7 Å². The summed E-state index contributed by atoms with van der Waals surface area (Å²) >= 11 is 6.19. The number of halogens is 1. The van der Waals surface area contributed by atoms with E-state index < -0.39 is 12.0 Å². The van der Waals surface area contributed by atoms with Crippen LogP contribution in [-0.2, 0) is 10.2 Å². The van der Waals surface area contributed by atoms with E-state index in [9.17, 15) is 9.90 Å². The van der Waals surface area contributed by atoms with Crippen molar-refractivity contribution in [1.29, 1.82) is 0 Å². The van der Waals surface area contributed by atoms with Crippen LogP contribution in [0.15, 0.2) is 42.6 Å². The van der Waals surface area contributed by atoms with Crippen molar-refractivity contribution >= 4 is 29.0 Å². The van der Waals surface area contributed by atoms with Gasteiger partial charge < -0.3 is 15.3 Å². The number of anilines is 2. The molecule has 1 saturated heterocycles. The topological polar surface area (TPSA) is 65.5 Å². The van der Waals surface area contributed by atoms with Crippen LogP contribution >= 0.6 is 11.6 Å². The highest BCUT2D eigenvalue weighted by atomic mass is 35.5. The quantitative estimate of drug-likeness (QED) is 0.839. The number of nitrogens with one attached hydrogen (secondary N) is 1. The number of aromatic nitrogens is 1. The summed E-state index contributed by atoms with van der Waals surface area (Å²) in [4.78, 5) is 18.8. The smallest absolute Gasteiger partial charge is 0.230 e. The molecule has 0 spiro atoms. The molecular weight excluding hydrogens is 362 g/mol. The molecule has 0 aliphatic carbocycles. The number of aliphatic hydroxyl groups is 1. The van der Waals surface area contributed by atoms with Crippen LogP contribution in [0.2, 0.25) is 5.02 Å². The number of carbonyl (C=O) groups excluding carboxylic acids is 1. The van der Waals surface area contributed by atoms with Gasteiger partial charge in [0.05, 0.1) is 17.0 Å². The lowest BCUT2D eigenvalue weighted by Gasteiger charge is -2.36. The second-order valence-electron chi connectivity index (χ2n) is 8.03. The van der Waals surface area contributed by atoms with E-state index in [-0.39, 0.29) is 11.3 Å². The van der Waals surface area contributed by atoms with Gasteiger partial charge in [0.2, 0.25) is 5.91 Å². The van der Waals surface area contributed by atoms with Crippen LogP contribution in [0.1, 0.15) is 32.8 Å². The van der Waals surface area contributed by atoms with Crippen molar-refractivity contribution in [3.8, 4) is 0 Å². The molecule has 1 aromatic carbocycles. The number of hydrogen-bond donors (Lipinski definition) is 2. The lowest BCUT2D eigenvalue weighted by atomic mass is 9.87. The molecule has 5 nitrogen and oxygen atoms in total. The summed E-state index contributed by atoms with van der Waals surface area (Å²) in [7, 11) is 0. The van der Waals surface area contributed by atoms with Gasteiger partial charge in [0, 0.05) is 25.0 Å². The highest BCUT2D eigenvalue weighted by molar-refractivity contribution is 6.32. The molecule has 2 atom stereocenters. The van der Waals surface area contributed by atoms with E-state index in [1.54, 1.807) is 18.3 Å². The summed E-state index contributed by atoms with van der Waals surface area (Å²) in [6, 6.07) is 11.4. The summed E-state index contributed by atoms with van der Waals surface area (Å²) in [6.45, 7) is 7.41. The molecule has 144 valence electrons. The van der Waals surface area contributed by atoms with Crippen LogP contribution in [0.5, 0.6) is 0 Å². The van der Waals surface area contributed by atoms with E-state index in [0.717, 1.165) is 5.69 Å². The fourth-order valence-electron chi connectivity index (χ4n) is 3.33. The van der Waals surface area contributed by atoms with Crippen molar-refractivity contribution in [3.63, 3.8) is 0 Å². The Morgan fingerprint density at radius 3 is 2.56 bits per heavy atom. The number of carbonyl (C=O) groups is 1. The van der Waals surface area contributed by atoms with Gasteiger partial charge in [0.15, 0.2) is 0 Å². The van der Waals surface area contributed by atoms with E-state index in [0.29, 0.717) is 30.4 Å². The third-order valence-electron chi connectivity index (χ3n) is 4.98. The normalized spacial score (nSPS) is 20.4. The fourth-order valence-corrected chi connectivity index (χ4v) is 3.57. The van der Waals surface area contributed by atoms with Crippen molar-refractivity contribution < 1.29 is 9.90 Å². The first-order valence-corrected chi connectivity index (χ1v) is 9.58. The van der Waals surface area contributed by atoms with E-state index in [4.69, 9.17) is 11.6 Å². The first kappa shape index (κ1) is 19.6. The third kappa shape index (κ3) is 4.60. The number of rotatable bonds is 3. The highest BCUT2D eigenvalue weighted by Crippen LogP contribution is 2.29. The number of aliphatic hydroxyl groups excluding tert-OH is 1. The Morgan fingerprint density at radius 1 is 1.26 bits per heavy atom. The van der Waals surface area contributed by atoms with Gasteiger partial charge in [-0.05, 0) is 41.7 Å². The monoisotopic (exact) mass is 387 g/mol. The maximum atomic E-state index is 12.6. The number of piperidine rings is 1. The number of benzene rings is 1. The molecule has 1 fully saturated rings. The van der Waals surface area contributed by atoms with Gasteiger partial charge >= 0.3 is 0 Å². The van der Waals surface area contributed by atoms with Gasteiger partial charge in [-0.1, -0.05) is 44.5 Å². The molecule has 0 bridgehead atoms. The molecular formula is C21H26ClN3O2. The first-order valence-electron chi connectivity index (χ1n) is 9.20. The maximum absolute atomic E-state index is 12.6. The molecule has 2 N–H and O–H groups in total. The average Bonchev–Trinajstić information content (AvgIpc) is 2.61. The Kier molecular flexibility index (Phi) is 5.72. The zero-order chi connectivity index (χ0) is 19.6. The molecule has 2 heterocycles. The minimum atomic E-state index is -0.773. The fraction of sp³-hybridized carbons (Fsp3) is 0.429. The van der Waals surface area contributed by atoms with Crippen molar-refractivity contribution in [2.75, 3.05) is 23.3 Å². The molecule has 0 radical (unpaired) electrons. The number of amides is 1. The van der Waals surface area contributed by atoms with Crippen LogP contribution < -0.4 is 10.2 Å². The zero-order valence-corrected chi connectivity index (χ0v) is 16.7. The van der Waals surface area contributed by atoms with E-state index >= 15 is 0 Å². The standard InChI is InChI=1S/C21H26ClN3O2/c1-21(2,3)14-6-8-15(9-7-14)24-20(27)16-10-12-25(13-18(16)26)19-17(22)5-4-11-23-19/h4-9,11,16,18,26H,10,12-13H2,1-3H3,(H,24,27)/t16-,18-/m1/s1. The Hall–Kier alpha value is -2.11. The maximum Gasteiger partial charge on any atom is 0.230 e. The molecule has 1 aromatic heterocycles. The molecule has 0 unspecified atom stereocenters. The Morgan fingerprint density at radius 2 is 1.96 bits per heavy atom. The number of nitrogens with zero attached hydrogens (tertiary/aromatic N) is 2. The third-order valence-corrected chi connectivity index (χ3v) is 5.27. The van der Waals surface area contributed by atoms with Crippen LogP contribution in [0.3, 0.4) is 0 Å². The van der Waals surface area contributed by atoms with E-state index in [1.165, 1.54) is 5.56 Å². The highest BCUT2D eigenvalue weighted by Gasteiger charge is 2.34. The van der Waals surface area contributed by atoms with Gasteiger partial charge in [-0.2, -0.15) is 0 Å².